The Kier molecular flexibility index (Phi) is 11.8. The third-order valence-corrected chi connectivity index (χ3v) is 3.52. The average molecular weight is 346 g/mol. The molecule has 0 saturated carbocycles. The molecule has 0 aliphatic rings. The van der Waals surface area contributed by atoms with Crippen molar-refractivity contribution in [2.45, 2.75) is 63.6 Å². The normalized spacial score (nSPS) is 14.5. The number of aliphatic hydroxyl groups excluding tert-OH is 1. The minimum absolute atomic E-state index is 0.262. The molecule has 0 aromatic rings. The molecule has 0 heterocycles. The van der Waals surface area contributed by atoms with Crippen LogP contribution in [0.1, 0.15) is 45.4 Å². The number of aliphatic carboxylic acids is 1. The van der Waals surface area contributed by atoms with Crippen molar-refractivity contribution in [3.05, 3.63) is 0 Å². The number of carboxylic acids is 1. The second-order valence-corrected chi connectivity index (χ2v) is 5.71. The Balaban J connectivity index is 4.78. The maximum absolute atomic E-state index is 12.3. The third kappa shape index (κ3) is 9.43. The zero-order valence-electron chi connectivity index (χ0n) is 14.2. The molecule has 9 nitrogen and oxygen atoms in total. The summed E-state index contributed by atoms with van der Waals surface area (Å²) >= 11 is 0. The van der Waals surface area contributed by atoms with Crippen LogP contribution in [-0.4, -0.2) is 59.3 Å². The van der Waals surface area contributed by atoms with Gasteiger partial charge in [0.25, 0.3) is 0 Å². The molecule has 24 heavy (non-hydrogen) atoms. The molecule has 0 saturated heterocycles. The lowest BCUT2D eigenvalue weighted by Gasteiger charge is -2.22. The van der Waals surface area contributed by atoms with Gasteiger partial charge in [0.2, 0.25) is 11.8 Å². The van der Waals surface area contributed by atoms with Crippen LogP contribution in [0.2, 0.25) is 0 Å². The molecular weight excluding hydrogens is 316 g/mol. The predicted molar refractivity (Wildman–Crippen MR) is 89.0 cm³/mol. The van der Waals surface area contributed by atoms with E-state index in [0.29, 0.717) is 45.2 Å². The van der Waals surface area contributed by atoms with E-state index in [1.54, 1.807) is 0 Å². The first-order chi connectivity index (χ1) is 11.3. The van der Waals surface area contributed by atoms with Crippen LogP contribution >= 0.6 is 0 Å². The van der Waals surface area contributed by atoms with Gasteiger partial charge >= 0.3 is 5.97 Å². The van der Waals surface area contributed by atoms with Gasteiger partial charge in [-0.1, -0.05) is 0 Å². The summed E-state index contributed by atoms with van der Waals surface area (Å²) in [6, 6.07) is -1.94. The molecule has 3 atom stereocenters. The number of nitrogens with two attached hydrogens (primary N) is 2. The Morgan fingerprint density at radius 3 is 1.75 bits per heavy atom. The lowest BCUT2D eigenvalue weighted by atomic mass is 10.1. The van der Waals surface area contributed by atoms with Gasteiger partial charge in [-0.3, -0.25) is 9.59 Å². The molecule has 0 rings (SSSR count). The first-order valence-corrected chi connectivity index (χ1v) is 8.25. The Hall–Kier alpha value is -1.71. The van der Waals surface area contributed by atoms with Gasteiger partial charge < -0.3 is 32.3 Å². The van der Waals surface area contributed by atoms with Crippen LogP contribution in [0.25, 0.3) is 0 Å². The van der Waals surface area contributed by atoms with Crippen LogP contribution in [-0.2, 0) is 14.4 Å². The molecule has 0 fully saturated rings. The Bertz CT molecular complexity index is 403. The number of aliphatic hydroxyl groups is 1. The van der Waals surface area contributed by atoms with Gasteiger partial charge in [-0.05, 0) is 58.5 Å². The number of carbonyl (C=O) groups excluding carboxylic acids is 2. The van der Waals surface area contributed by atoms with Crippen LogP contribution in [0.15, 0.2) is 0 Å². The number of unbranched alkanes of at least 4 members (excludes halogenated alkanes) is 2. The maximum Gasteiger partial charge on any atom is 0.326 e. The number of carbonyl (C=O) groups is 3. The monoisotopic (exact) mass is 346 g/mol. The van der Waals surface area contributed by atoms with E-state index in [4.69, 9.17) is 11.5 Å². The molecule has 8 N–H and O–H groups in total. The van der Waals surface area contributed by atoms with Gasteiger partial charge in [0.15, 0.2) is 0 Å². The number of amides is 2. The van der Waals surface area contributed by atoms with Gasteiger partial charge in [-0.15, -0.1) is 0 Å². The van der Waals surface area contributed by atoms with Crippen molar-refractivity contribution in [3.8, 4) is 0 Å². The Morgan fingerprint density at radius 1 is 0.875 bits per heavy atom. The number of hydrogen-bond acceptors (Lipinski definition) is 6. The molecule has 9 heteroatoms. The molecule has 140 valence electrons. The van der Waals surface area contributed by atoms with Crippen LogP contribution in [0.5, 0.6) is 0 Å². The quantitative estimate of drug-likeness (QED) is 0.225. The van der Waals surface area contributed by atoms with Crippen molar-refractivity contribution >= 4 is 17.8 Å². The van der Waals surface area contributed by atoms with E-state index >= 15 is 0 Å². The van der Waals surface area contributed by atoms with Gasteiger partial charge in [0, 0.05) is 0 Å². The summed E-state index contributed by atoms with van der Waals surface area (Å²) in [5.74, 6) is -2.40. The fourth-order valence-electron chi connectivity index (χ4n) is 2.08. The topological polar surface area (TPSA) is 168 Å². The third-order valence-electron chi connectivity index (χ3n) is 3.52. The molecule has 0 spiro atoms. The molecule has 0 aromatic heterocycles. The van der Waals surface area contributed by atoms with E-state index < -0.39 is 36.0 Å². The largest absolute Gasteiger partial charge is 0.480 e. The van der Waals surface area contributed by atoms with Gasteiger partial charge in [-0.2, -0.15) is 0 Å². The average Bonchev–Trinajstić information content (AvgIpc) is 2.52. The summed E-state index contributed by atoms with van der Waals surface area (Å²) in [6.07, 6.45) is 1.83. The van der Waals surface area contributed by atoms with E-state index in [2.05, 4.69) is 10.6 Å². The van der Waals surface area contributed by atoms with Crippen molar-refractivity contribution in [1.82, 2.24) is 10.6 Å². The van der Waals surface area contributed by atoms with E-state index in [-0.39, 0.29) is 6.42 Å². The smallest absolute Gasteiger partial charge is 0.326 e. The molecule has 1 unspecified atom stereocenters. The van der Waals surface area contributed by atoms with Crippen LogP contribution in [0, 0.1) is 0 Å². The van der Waals surface area contributed by atoms with Crippen LogP contribution < -0.4 is 22.1 Å². The highest BCUT2D eigenvalue weighted by Gasteiger charge is 2.26. The molecule has 0 radical (unpaired) electrons. The zero-order valence-corrected chi connectivity index (χ0v) is 14.2. The van der Waals surface area contributed by atoms with E-state index in [1.807, 2.05) is 0 Å². The maximum atomic E-state index is 12.3. The predicted octanol–water partition coefficient (Wildman–Crippen LogP) is -1.32. The van der Waals surface area contributed by atoms with Crippen molar-refractivity contribution in [1.29, 1.82) is 0 Å². The first kappa shape index (κ1) is 22.3. The molecular formula is C15H30N4O5. The van der Waals surface area contributed by atoms with Gasteiger partial charge in [0.05, 0.1) is 0 Å². The second-order valence-electron chi connectivity index (χ2n) is 5.71. The van der Waals surface area contributed by atoms with E-state index in [0.717, 1.165) is 0 Å². The van der Waals surface area contributed by atoms with Crippen LogP contribution in [0.4, 0.5) is 0 Å². The number of carboxylic acid groups (broad SMARTS) is 1. The minimum Gasteiger partial charge on any atom is -0.480 e. The van der Waals surface area contributed by atoms with Crippen molar-refractivity contribution in [3.63, 3.8) is 0 Å². The number of rotatable bonds is 13. The summed E-state index contributed by atoms with van der Waals surface area (Å²) in [6.45, 7) is 2.19. The fraction of sp³-hybridized carbons (Fsp3) is 0.800. The van der Waals surface area contributed by atoms with Gasteiger partial charge in [0.1, 0.15) is 18.2 Å². The summed E-state index contributed by atoms with van der Waals surface area (Å²) in [5, 5.41) is 23.3. The second kappa shape index (κ2) is 12.7. The van der Waals surface area contributed by atoms with Crippen molar-refractivity contribution in [2.24, 2.45) is 11.5 Å². The summed E-state index contributed by atoms with van der Waals surface area (Å²) in [5.41, 5.74) is 10.8. The highest BCUT2D eigenvalue weighted by Crippen LogP contribution is 2.05. The summed E-state index contributed by atoms with van der Waals surface area (Å²) in [7, 11) is 0. The molecule has 0 aliphatic carbocycles. The first-order valence-electron chi connectivity index (χ1n) is 8.25. The highest BCUT2D eigenvalue weighted by atomic mass is 16.4. The standard InChI is InChI=1S/C15H30N4O5/c1-10(20)13(21)18-11(6-2-4-8-16)14(22)19-12(15(23)24)7-3-5-9-17/h10-12,20H,2-9,16-17H2,1H3,(H,18,21)(H,19,22)(H,23,24)/t10?,11-,12-/m0/s1. The van der Waals surface area contributed by atoms with Crippen LogP contribution in [0.3, 0.4) is 0 Å². The SMILES string of the molecule is CC(O)C(=O)N[C@@H](CCCCN)C(=O)N[C@@H](CCCCN)C(=O)O. The Morgan fingerprint density at radius 2 is 1.33 bits per heavy atom. The minimum atomic E-state index is -1.25. The number of nitrogens with one attached hydrogen (secondary N) is 2. The van der Waals surface area contributed by atoms with Crippen molar-refractivity contribution in [2.75, 3.05) is 13.1 Å². The Labute approximate surface area is 142 Å². The number of hydrogen-bond donors (Lipinski definition) is 6. The summed E-state index contributed by atoms with van der Waals surface area (Å²) in [4.78, 5) is 35.2. The van der Waals surface area contributed by atoms with Crippen molar-refractivity contribution < 1.29 is 24.6 Å². The summed E-state index contributed by atoms with van der Waals surface area (Å²) < 4.78 is 0. The fourth-order valence-corrected chi connectivity index (χ4v) is 2.08. The lowest BCUT2D eigenvalue weighted by molar-refractivity contribution is -0.142. The van der Waals surface area contributed by atoms with E-state index in [9.17, 15) is 24.6 Å². The molecule has 0 bridgehead atoms. The molecule has 0 aromatic carbocycles. The zero-order chi connectivity index (χ0) is 18.5. The molecule has 2 amide bonds. The lowest BCUT2D eigenvalue weighted by Crippen LogP contribution is -2.53. The van der Waals surface area contributed by atoms with Gasteiger partial charge in [-0.25, -0.2) is 4.79 Å². The molecule has 0 aliphatic heterocycles. The van der Waals surface area contributed by atoms with E-state index in [1.165, 1.54) is 6.92 Å². The highest BCUT2D eigenvalue weighted by molar-refractivity contribution is 5.91.